The first-order valence-electron chi connectivity index (χ1n) is 7.93. The molecule has 1 aromatic heterocycles. The summed E-state index contributed by atoms with van der Waals surface area (Å²) in [6, 6.07) is 14.4. The lowest BCUT2D eigenvalue weighted by Gasteiger charge is -2.00. The van der Waals surface area contributed by atoms with E-state index in [-0.39, 0.29) is 21.8 Å². The van der Waals surface area contributed by atoms with Crippen molar-refractivity contribution in [3.8, 4) is 11.5 Å². The van der Waals surface area contributed by atoms with Crippen LogP contribution in [0, 0.1) is 0 Å². The first-order chi connectivity index (χ1) is 12.6. The van der Waals surface area contributed by atoms with Crippen molar-refractivity contribution in [3.63, 3.8) is 0 Å². The molecule has 0 unspecified atom stereocenters. The molecule has 0 atom stereocenters. The van der Waals surface area contributed by atoms with Gasteiger partial charge in [0, 0.05) is 0 Å². The average molecular weight is 350 g/mol. The second-order valence-corrected chi connectivity index (χ2v) is 5.58. The van der Waals surface area contributed by atoms with Crippen LogP contribution < -0.4 is 31.3 Å². The highest BCUT2D eigenvalue weighted by Gasteiger charge is 1.99. The molecule has 26 heavy (non-hydrogen) atoms. The van der Waals surface area contributed by atoms with Crippen molar-refractivity contribution in [2.45, 2.75) is 0 Å². The third-order valence-corrected chi connectivity index (χ3v) is 3.80. The Morgan fingerprint density at radius 2 is 1.15 bits per heavy atom. The predicted octanol–water partition coefficient (Wildman–Crippen LogP) is 0.738. The van der Waals surface area contributed by atoms with E-state index in [1.165, 1.54) is 0 Å². The van der Waals surface area contributed by atoms with Crippen molar-refractivity contribution in [2.75, 3.05) is 14.2 Å². The SMILES string of the molecule is COc1cccc(C=c2[nH]c(=O)c(=Cc3cccc(OC)c3)[nH]c2=O)c1. The quantitative estimate of drug-likeness (QED) is 0.727. The van der Waals surface area contributed by atoms with Crippen molar-refractivity contribution < 1.29 is 9.47 Å². The summed E-state index contributed by atoms with van der Waals surface area (Å²) < 4.78 is 10.3. The predicted molar refractivity (Wildman–Crippen MR) is 100 cm³/mol. The van der Waals surface area contributed by atoms with Gasteiger partial charge in [-0.15, -0.1) is 0 Å². The van der Waals surface area contributed by atoms with Gasteiger partial charge in [-0.2, -0.15) is 0 Å². The first kappa shape index (κ1) is 17.3. The minimum atomic E-state index is -0.387. The van der Waals surface area contributed by atoms with Crippen LogP contribution in [-0.2, 0) is 0 Å². The van der Waals surface area contributed by atoms with Gasteiger partial charge in [0.05, 0.1) is 14.2 Å². The van der Waals surface area contributed by atoms with E-state index in [1.54, 1.807) is 50.6 Å². The average Bonchev–Trinajstić information content (AvgIpc) is 2.66. The molecule has 0 aliphatic heterocycles. The number of benzene rings is 2. The van der Waals surface area contributed by atoms with Gasteiger partial charge < -0.3 is 19.4 Å². The highest BCUT2D eigenvalue weighted by atomic mass is 16.5. The van der Waals surface area contributed by atoms with E-state index in [9.17, 15) is 9.59 Å². The highest BCUT2D eigenvalue weighted by molar-refractivity contribution is 5.52. The fourth-order valence-electron chi connectivity index (χ4n) is 2.49. The molecule has 3 aromatic rings. The monoisotopic (exact) mass is 350 g/mol. The molecule has 0 bridgehead atoms. The minimum absolute atomic E-state index is 0.172. The zero-order valence-corrected chi connectivity index (χ0v) is 14.4. The molecular formula is C20H18N2O4. The Hall–Kier alpha value is -3.54. The number of ether oxygens (including phenoxy) is 2. The Labute approximate surface area is 149 Å². The van der Waals surface area contributed by atoms with Crippen molar-refractivity contribution in [1.82, 2.24) is 9.97 Å². The molecule has 6 heteroatoms. The third-order valence-electron chi connectivity index (χ3n) is 3.80. The molecular weight excluding hydrogens is 332 g/mol. The van der Waals surface area contributed by atoms with Crippen LogP contribution in [0.5, 0.6) is 11.5 Å². The normalized spacial score (nSPS) is 12.2. The van der Waals surface area contributed by atoms with Crippen LogP contribution in [0.15, 0.2) is 58.1 Å². The van der Waals surface area contributed by atoms with Gasteiger partial charge in [0.15, 0.2) is 0 Å². The number of hydrogen-bond acceptors (Lipinski definition) is 4. The molecule has 0 radical (unpaired) electrons. The summed E-state index contributed by atoms with van der Waals surface area (Å²) in [7, 11) is 3.13. The van der Waals surface area contributed by atoms with Crippen LogP contribution in [-0.4, -0.2) is 24.2 Å². The topological polar surface area (TPSA) is 84.2 Å². The maximum absolute atomic E-state index is 12.3. The second kappa shape index (κ2) is 7.57. The number of aromatic nitrogens is 2. The lowest BCUT2D eigenvalue weighted by molar-refractivity contribution is 0.414. The number of nitrogens with one attached hydrogen (secondary N) is 2. The number of hydrogen-bond donors (Lipinski definition) is 2. The van der Waals surface area contributed by atoms with E-state index < -0.39 is 0 Å². The van der Waals surface area contributed by atoms with E-state index in [0.717, 1.165) is 11.1 Å². The van der Waals surface area contributed by atoms with E-state index in [1.807, 2.05) is 24.3 Å². The number of aromatic amines is 2. The Bertz CT molecular complexity index is 1070. The van der Waals surface area contributed by atoms with Crippen LogP contribution in [0.2, 0.25) is 0 Å². The summed E-state index contributed by atoms with van der Waals surface area (Å²) in [5.41, 5.74) is 0.716. The molecule has 2 aromatic carbocycles. The Balaban J connectivity index is 2.08. The summed E-state index contributed by atoms with van der Waals surface area (Å²) in [6.45, 7) is 0. The lowest BCUT2D eigenvalue weighted by Crippen LogP contribution is -2.46. The standard InChI is InChI=1S/C20H18N2O4/c1-25-15-7-3-5-13(9-15)11-17-19(23)22-18(20(24)21-17)12-14-6-4-8-16(10-14)26-2/h3-12H,1-2H3,(H,21,24)(H,22,23). The van der Waals surface area contributed by atoms with Gasteiger partial charge in [0.1, 0.15) is 22.2 Å². The molecule has 3 rings (SSSR count). The van der Waals surface area contributed by atoms with Crippen LogP contribution in [0.25, 0.3) is 12.2 Å². The number of H-pyrrole nitrogens is 2. The molecule has 2 N–H and O–H groups in total. The minimum Gasteiger partial charge on any atom is -0.497 e. The van der Waals surface area contributed by atoms with E-state index in [4.69, 9.17) is 9.47 Å². The van der Waals surface area contributed by atoms with Crippen LogP contribution in [0.1, 0.15) is 11.1 Å². The van der Waals surface area contributed by atoms with Crippen molar-refractivity contribution in [3.05, 3.63) is 91.1 Å². The van der Waals surface area contributed by atoms with Crippen LogP contribution >= 0.6 is 0 Å². The molecule has 0 amide bonds. The zero-order chi connectivity index (χ0) is 18.5. The summed E-state index contributed by atoms with van der Waals surface area (Å²) in [6.07, 6.45) is 3.19. The van der Waals surface area contributed by atoms with E-state index >= 15 is 0 Å². The maximum Gasteiger partial charge on any atom is 0.272 e. The third kappa shape index (κ3) is 3.92. The summed E-state index contributed by atoms with van der Waals surface area (Å²) >= 11 is 0. The molecule has 0 aliphatic rings. The van der Waals surface area contributed by atoms with Gasteiger partial charge in [-0.05, 0) is 47.5 Å². The Morgan fingerprint density at radius 1 is 0.731 bits per heavy atom. The Morgan fingerprint density at radius 3 is 1.54 bits per heavy atom. The van der Waals surface area contributed by atoms with Crippen LogP contribution in [0.4, 0.5) is 0 Å². The number of rotatable bonds is 4. The van der Waals surface area contributed by atoms with Gasteiger partial charge in [-0.3, -0.25) is 9.59 Å². The molecule has 6 nitrogen and oxygen atoms in total. The molecule has 1 heterocycles. The van der Waals surface area contributed by atoms with Gasteiger partial charge >= 0.3 is 0 Å². The lowest BCUT2D eigenvalue weighted by atomic mass is 10.2. The maximum atomic E-state index is 12.3. The number of methoxy groups -OCH3 is 2. The molecule has 0 fully saturated rings. The van der Waals surface area contributed by atoms with Gasteiger partial charge in [0.25, 0.3) is 11.1 Å². The molecule has 0 saturated heterocycles. The van der Waals surface area contributed by atoms with Crippen molar-refractivity contribution >= 4 is 12.2 Å². The zero-order valence-electron chi connectivity index (χ0n) is 14.4. The summed E-state index contributed by atoms with van der Waals surface area (Å²) in [5, 5.41) is 0.345. The summed E-state index contributed by atoms with van der Waals surface area (Å²) in [4.78, 5) is 29.9. The van der Waals surface area contributed by atoms with E-state index in [2.05, 4.69) is 9.97 Å². The van der Waals surface area contributed by atoms with Gasteiger partial charge in [-0.25, -0.2) is 0 Å². The smallest absolute Gasteiger partial charge is 0.272 e. The molecule has 0 aliphatic carbocycles. The highest BCUT2D eigenvalue weighted by Crippen LogP contribution is 2.13. The molecule has 0 saturated carbocycles. The van der Waals surface area contributed by atoms with Crippen molar-refractivity contribution in [1.29, 1.82) is 0 Å². The van der Waals surface area contributed by atoms with Crippen molar-refractivity contribution in [2.24, 2.45) is 0 Å². The Kier molecular flexibility index (Phi) is 5.03. The summed E-state index contributed by atoms with van der Waals surface area (Å²) in [5.74, 6) is 1.33. The molecule has 132 valence electrons. The fourth-order valence-corrected chi connectivity index (χ4v) is 2.49. The first-order valence-corrected chi connectivity index (χ1v) is 7.93. The largest absolute Gasteiger partial charge is 0.497 e. The second-order valence-electron chi connectivity index (χ2n) is 5.58. The van der Waals surface area contributed by atoms with Gasteiger partial charge in [-0.1, -0.05) is 24.3 Å². The van der Waals surface area contributed by atoms with E-state index in [0.29, 0.717) is 11.5 Å². The van der Waals surface area contributed by atoms with Crippen LogP contribution in [0.3, 0.4) is 0 Å². The fraction of sp³-hybridized carbons (Fsp3) is 0.100. The molecule has 0 spiro atoms. The van der Waals surface area contributed by atoms with Gasteiger partial charge in [0.2, 0.25) is 0 Å².